The Hall–Kier alpha value is -3.02. The summed E-state index contributed by atoms with van der Waals surface area (Å²) in [5.41, 5.74) is -0.133. The molecule has 0 saturated carbocycles. The van der Waals surface area contributed by atoms with Gasteiger partial charge in [0.2, 0.25) is 0 Å². The van der Waals surface area contributed by atoms with E-state index in [1.165, 1.54) is 24.3 Å². The third kappa shape index (κ3) is 6.01. The SMILES string of the molecule is O=[N+]([O-])c1cc(NC(=S)Nc2ccc(F)cc2)cc(OCC(F)(F)C(F)F)c1. The molecule has 2 rings (SSSR count). The van der Waals surface area contributed by atoms with E-state index in [1.54, 1.807) is 0 Å². The zero-order valence-electron chi connectivity index (χ0n) is 13.8. The van der Waals surface area contributed by atoms with Crippen molar-refractivity contribution in [3.8, 4) is 5.75 Å². The summed E-state index contributed by atoms with van der Waals surface area (Å²) < 4.78 is 67.9. The van der Waals surface area contributed by atoms with Crippen LogP contribution >= 0.6 is 12.2 Å². The monoisotopic (exact) mass is 421 g/mol. The fourth-order valence-corrected chi connectivity index (χ4v) is 2.15. The maximum absolute atomic E-state index is 13.0. The Morgan fingerprint density at radius 3 is 2.32 bits per heavy atom. The van der Waals surface area contributed by atoms with Crippen LogP contribution in [0.4, 0.5) is 39.0 Å². The number of nitro benzene ring substituents is 1. The van der Waals surface area contributed by atoms with E-state index in [2.05, 4.69) is 15.4 Å². The first-order valence-corrected chi connectivity index (χ1v) is 7.89. The van der Waals surface area contributed by atoms with Crippen molar-refractivity contribution in [2.75, 3.05) is 17.2 Å². The zero-order valence-corrected chi connectivity index (χ0v) is 14.6. The Bertz CT molecular complexity index is 865. The van der Waals surface area contributed by atoms with E-state index in [-0.39, 0.29) is 10.8 Å². The fraction of sp³-hybridized carbons (Fsp3) is 0.188. The Morgan fingerprint density at radius 1 is 1.14 bits per heavy atom. The first-order valence-electron chi connectivity index (χ1n) is 7.48. The molecule has 0 unspecified atom stereocenters. The average molecular weight is 421 g/mol. The number of anilines is 2. The van der Waals surface area contributed by atoms with Crippen molar-refractivity contribution in [1.82, 2.24) is 0 Å². The molecule has 12 heteroatoms. The lowest BCUT2D eigenvalue weighted by atomic mass is 10.2. The highest BCUT2D eigenvalue weighted by Crippen LogP contribution is 2.29. The average Bonchev–Trinajstić information content (AvgIpc) is 2.61. The van der Waals surface area contributed by atoms with Gasteiger partial charge in [-0.25, -0.2) is 13.2 Å². The van der Waals surface area contributed by atoms with Gasteiger partial charge in [0.1, 0.15) is 11.6 Å². The first-order chi connectivity index (χ1) is 13.1. The van der Waals surface area contributed by atoms with Gasteiger partial charge >= 0.3 is 12.3 Å². The molecular weight excluding hydrogens is 409 g/mol. The standard InChI is InChI=1S/C16H12F5N3O3S/c17-9-1-3-10(4-2-9)22-15(28)23-11-5-12(24(25)26)7-13(6-11)27-8-16(20,21)14(18)19/h1-7,14H,8H2,(H2,22,23,28). The van der Waals surface area contributed by atoms with E-state index in [0.717, 1.165) is 18.2 Å². The number of nitro groups is 1. The van der Waals surface area contributed by atoms with Crippen LogP contribution in [-0.2, 0) is 0 Å². The zero-order chi connectivity index (χ0) is 20.9. The molecule has 0 aromatic heterocycles. The summed E-state index contributed by atoms with van der Waals surface area (Å²) in [5, 5.41) is 16.2. The van der Waals surface area contributed by atoms with Gasteiger partial charge in [-0.2, -0.15) is 8.78 Å². The molecule has 0 atom stereocenters. The summed E-state index contributed by atoms with van der Waals surface area (Å²) in [6.07, 6.45) is -3.95. The van der Waals surface area contributed by atoms with Gasteiger partial charge in [-0.3, -0.25) is 10.1 Å². The molecule has 0 heterocycles. The molecule has 0 aliphatic rings. The predicted molar refractivity (Wildman–Crippen MR) is 95.8 cm³/mol. The number of rotatable bonds is 7. The predicted octanol–water partition coefficient (Wildman–Crippen LogP) is 4.82. The maximum Gasteiger partial charge on any atom is 0.340 e. The molecule has 150 valence electrons. The molecule has 2 N–H and O–H groups in total. The van der Waals surface area contributed by atoms with Gasteiger partial charge in [0.05, 0.1) is 16.7 Å². The lowest BCUT2D eigenvalue weighted by Gasteiger charge is -2.16. The highest BCUT2D eigenvalue weighted by atomic mass is 32.1. The topological polar surface area (TPSA) is 76.4 Å². The summed E-state index contributed by atoms with van der Waals surface area (Å²) in [4.78, 5) is 10.2. The summed E-state index contributed by atoms with van der Waals surface area (Å²) in [5.74, 6) is -5.32. The summed E-state index contributed by atoms with van der Waals surface area (Å²) in [6, 6.07) is 8.05. The first kappa shape index (κ1) is 21.3. The number of benzene rings is 2. The molecule has 0 aliphatic carbocycles. The fourth-order valence-electron chi connectivity index (χ4n) is 1.91. The van der Waals surface area contributed by atoms with E-state index < -0.39 is 41.1 Å². The molecule has 0 amide bonds. The molecule has 2 aromatic carbocycles. The van der Waals surface area contributed by atoms with Gasteiger partial charge in [0.25, 0.3) is 5.69 Å². The second-order valence-electron chi connectivity index (χ2n) is 5.41. The van der Waals surface area contributed by atoms with Crippen molar-refractivity contribution in [2.24, 2.45) is 0 Å². The Kier molecular flexibility index (Phi) is 6.67. The Balaban J connectivity index is 2.14. The van der Waals surface area contributed by atoms with Crippen molar-refractivity contribution in [1.29, 1.82) is 0 Å². The molecule has 28 heavy (non-hydrogen) atoms. The van der Waals surface area contributed by atoms with Crippen molar-refractivity contribution in [2.45, 2.75) is 12.3 Å². The van der Waals surface area contributed by atoms with Crippen LogP contribution in [0.2, 0.25) is 0 Å². The van der Waals surface area contributed by atoms with Crippen LogP contribution in [0.5, 0.6) is 5.75 Å². The lowest BCUT2D eigenvalue weighted by molar-refractivity contribution is -0.384. The largest absolute Gasteiger partial charge is 0.487 e. The Morgan fingerprint density at radius 2 is 1.75 bits per heavy atom. The highest BCUT2D eigenvalue weighted by molar-refractivity contribution is 7.80. The molecule has 0 spiro atoms. The third-order valence-corrected chi connectivity index (χ3v) is 3.42. The minimum atomic E-state index is -4.42. The maximum atomic E-state index is 13.0. The number of nitrogens with zero attached hydrogens (tertiary/aromatic N) is 1. The quantitative estimate of drug-likeness (QED) is 0.289. The van der Waals surface area contributed by atoms with Crippen LogP contribution in [0.1, 0.15) is 0 Å². The number of nitrogens with one attached hydrogen (secondary N) is 2. The van der Waals surface area contributed by atoms with Crippen molar-refractivity contribution >= 4 is 34.4 Å². The third-order valence-electron chi connectivity index (χ3n) is 3.21. The van der Waals surface area contributed by atoms with Gasteiger partial charge in [-0.05, 0) is 36.5 Å². The second-order valence-corrected chi connectivity index (χ2v) is 5.82. The molecule has 0 bridgehead atoms. The van der Waals surface area contributed by atoms with Gasteiger partial charge < -0.3 is 15.4 Å². The van der Waals surface area contributed by atoms with Crippen LogP contribution in [0, 0.1) is 15.9 Å². The van der Waals surface area contributed by atoms with Gasteiger partial charge in [0, 0.05) is 17.8 Å². The summed E-state index contributed by atoms with van der Waals surface area (Å²) in [7, 11) is 0. The number of alkyl halides is 4. The summed E-state index contributed by atoms with van der Waals surface area (Å²) >= 11 is 5.02. The number of halogens is 5. The molecular formula is C16H12F5N3O3S. The van der Waals surface area contributed by atoms with Crippen LogP contribution < -0.4 is 15.4 Å². The molecule has 0 radical (unpaired) electrons. The van der Waals surface area contributed by atoms with Gasteiger partial charge in [-0.15, -0.1) is 0 Å². The van der Waals surface area contributed by atoms with E-state index in [9.17, 15) is 32.1 Å². The van der Waals surface area contributed by atoms with Crippen molar-refractivity contribution in [3.05, 3.63) is 58.4 Å². The molecule has 6 nitrogen and oxygen atoms in total. The number of ether oxygens (including phenoxy) is 1. The molecule has 0 fully saturated rings. The van der Waals surface area contributed by atoms with Crippen LogP contribution in [0.25, 0.3) is 0 Å². The van der Waals surface area contributed by atoms with E-state index in [4.69, 9.17) is 12.2 Å². The minimum Gasteiger partial charge on any atom is -0.487 e. The highest BCUT2D eigenvalue weighted by Gasteiger charge is 2.41. The van der Waals surface area contributed by atoms with Crippen molar-refractivity contribution < 1.29 is 31.6 Å². The number of hydrogen-bond donors (Lipinski definition) is 2. The molecule has 0 saturated heterocycles. The summed E-state index contributed by atoms with van der Waals surface area (Å²) in [6.45, 7) is -1.66. The van der Waals surface area contributed by atoms with Gasteiger partial charge in [-0.1, -0.05) is 0 Å². The van der Waals surface area contributed by atoms with Crippen LogP contribution in [0.15, 0.2) is 42.5 Å². The smallest absolute Gasteiger partial charge is 0.340 e. The van der Waals surface area contributed by atoms with E-state index in [0.29, 0.717) is 5.69 Å². The Labute approximate surface area is 160 Å². The van der Waals surface area contributed by atoms with E-state index in [1.807, 2.05) is 0 Å². The minimum absolute atomic E-state index is 0.0100. The lowest BCUT2D eigenvalue weighted by Crippen LogP contribution is -2.33. The number of thiocarbonyl (C=S) groups is 1. The number of non-ortho nitro benzene ring substituents is 1. The molecule has 2 aromatic rings. The van der Waals surface area contributed by atoms with Gasteiger partial charge in [0.15, 0.2) is 11.7 Å². The normalized spacial score (nSPS) is 11.2. The number of hydrogen-bond acceptors (Lipinski definition) is 4. The van der Waals surface area contributed by atoms with Crippen LogP contribution in [-0.4, -0.2) is 29.0 Å². The van der Waals surface area contributed by atoms with E-state index >= 15 is 0 Å². The second kappa shape index (κ2) is 8.78. The van der Waals surface area contributed by atoms with Crippen molar-refractivity contribution in [3.63, 3.8) is 0 Å². The van der Waals surface area contributed by atoms with Crippen LogP contribution in [0.3, 0.4) is 0 Å². The molecule has 0 aliphatic heterocycles.